The number of rotatable bonds is 6. The maximum absolute atomic E-state index is 6.40. The lowest BCUT2D eigenvalue weighted by Gasteiger charge is -2.61. The van der Waals surface area contributed by atoms with Crippen LogP contribution < -0.4 is 4.74 Å². The van der Waals surface area contributed by atoms with Gasteiger partial charge in [-0.15, -0.1) is 0 Å². The molecule has 3 saturated heterocycles. The molecule has 9 aliphatic rings. The highest BCUT2D eigenvalue weighted by atomic mass is 16.5. The molecule has 6 aliphatic carbocycles. The van der Waals surface area contributed by atoms with Crippen LogP contribution in [0.3, 0.4) is 0 Å². The summed E-state index contributed by atoms with van der Waals surface area (Å²) in [7, 11) is 4.28. The number of benzene rings is 1. The molecule has 1 aromatic rings. The number of nitrogens with zero attached hydrogens (tertiary/aromatic N) is 2. The van der Waals surface area contributed by atoms with Crippen molar-refractivity contribution in [1.82, 2.24) is 9.80 Å². The van der Waals surface area contributed by atoms with Crippen LogP contribution in [0.15, 0.2) is 35.9 Å². The highest BCUT2D eigenvalue weighted by Crippen LogP contribution is 2.86. The van der Waals surface area contributed by atoms with E-state index in [1.807, 2.05) is 0 Å². The predicted molar refractivity (Wildman–Crippen MR) is 131 cm³/mol. The lowest BCUT2D eigenvalue weighted by Crippen LogP contribution is -2.57. The van der Waals surface area contributed by atoms with Crippen molar-refractivity contribution in [2.45, 2.75) is 64.0 Å². The summed E-state index contributed by atoms with van der Waals surface area (Å²) < 4.78 is 6.40. The van der Waals surface area contributed by atoms with Crippen LogP contribution >= 0.6 is 0 Å². The van der Waals surface area contributed by atoms with Crippen LogP contribution in [-0.2, 0) is 6.42 Å². The quantitative estimate of drug-likeness (QED) is 0.574. The highest BCUT2D eigenvalue weighted by Gasteiger charge is 2.86. The van der Waals surface area contributed by atoms with Crippen LogP contribution in [0, 0.1) is 39.9 Å². The number of ether oxygens (including phenoxy) is 1. The Morgan fingerprint density at radius 1 is 1.12 bits per heavy atom. The van der Waals surface area contributed by atoms with Gasteiger partial charge in [-0.3, -0.25) is 4.90 Å². The fourth-order valence-corrected chi connectivity index (χ4v) is 11.5. The molecule has 176 valence electrons. The first-order valence-corrected chi connectivity index (χ1v) is 13.8. The molecule has 10 atom stereocenters. The number of likely N-dealkylation sites (N-methyl/N-ethyl adjacent to an activating group) is 1. The summed E-state index contributed by atoms with van der Waals surface area (Å²) in [5, 5.41) is 0. The van der Waals surface area contributed by atoms with E-state index in [0.717, 1.165) is 61.1 Å². The third kappa shape index (κ3) is 2.26. The average molecular weight is 445 g/mol. The van der Waals surface area contributed by atoms with E-state index in [1.54, 1.807) is 12.0 Å². The summed E-state index contributed by atoms with van der Waals surface area (Å²) in [5.74, 6) is 4.77. The van der Waals surface area contributed by atoms with Crippen molar-refractivity contribution in [3.05, 3.63) is 41.5 Å². The summed E-state index contributed by atoms with van der Waals surface area (Å²) in [6.07, 6.45) is 12.9. The van der Waals surface area contributed by atoms with E-state index in [0.29, 0.717) is 16.2 Å². The Kier molecular flexibility index (Phi) is 3.78. The van der Waals surface area contributed by atoms with Crippen LogP contribution in [0.5, 0.6) is 5.75 Å². The molecule has 3 nitrogen and oxygen atoms in total. The van der Waals surface area contributed by atoms with Crippen LogP contribution in [0.4, 0.5) is 0 Å². The van der Waals surface area contributed by atoms with Gasteiger partial charge >= 0.3 is 0 Å². The molecule has 33 heavy (non-hydrogen) atoms. The summed E-state index contributed by atoms with van der Waals surface area (Å²) >= 11 is 0. The van der Waals surface area contributed by atoms with Crippen LogP contribution in [0.2, 0.25) is 0 Å². The summed E-state index contributed by atoms with van der Waals surface area (Å²) in [5.41, 5.74) is 4.89. The van der Waals surface area contributed by atoms with Gasteiger partial charge in [0.2, 0.25) is 0 Å². The molecule has 0 aromatic heterocycles. The summed E-state index contributed by atoms with van der Waals surface area (Å²) in [6.45, 7) is 6.00. The third-order valence-electron chi connectivity index (χ3n) is 12.1. The van der Waals surface area contributed by atoms with E-state index in [4.69, 9.17) is 4.74 Å². The van der Waals surface area contributed by atoms with Crippen molar-refractivity contribution in [3.63, 3.8) is 0 Å². The van der Waals surface area contributed by atoms with Crippen LogP contribution in [0.1, 0.15) is 51.0 Å². The van der Waals surface area contributed by atoms with Crippen LogP contribution in [-0.4, -0.2) is 55.7 Å². The normalized spacial score (nSPS) is 51.5. The lowest BCUT2D eigenvalue weighted by molar-refractivity contribution is -0.0909. The first-order valence-electron chi connectivity index (χ1n) is 13.8. The highest BCUT2D eigenvalue weighted by molar-refractivity contribution is 5.43. The molecule has 1 aromatic carbocycles. The average Bonchev–Trinajstić information content (AvgIpc) is 3.21. The Bertz CT molecular complexity index is 1030. The maximum Gasteiger partial charge on any atom is 0.119 e. The van der Waals surface area contributed by atoms with Crippen molar-refractivity contribution < 1.29 is 4.74 Å². The Morgan fingerprint density at radius 3 is 2.79 bits per heavy atom. The first-order chi connectivity index (χ1) is 15.9. The van der Waals surface area contributed by atoms with Gasteiger partial charge in [0.15, 0.2) is 0 Å². The molecule has 2 spiro atoms. The number of allylic oxidation sites excluding steroid dienone is 1. The predicted octanol–water partition coefficient (Wildman–Crippen LogP) is 5.01. The molecule has 4 saturated carbocycles. The van der Waals surface area contributed by atoms with Gasteiger partial charge in [0.05, 0.1) is 0 Å². The smallest absolute Gasteiger partial charge is 0.119 e. The zero-order valence-corrected chi connectivity index (χ0v) is 20.7. The van der Waals surface area contributed by atoms with Crippen molar-refractivity contribution in [1.29, 1.82) is 0 Å². The zero-order valence-electron chi connectivity index (χ0n) is 20.7. The molecule has 0 N–H and O–H groups in total. The Hall–Kier alpha value is -1.32. The van der Waals surface area contributed by atoms with E-state index in [9.17, 15) is 0 Å². The molecule has 0 radical (unpaired) electrons. The van der Waals surface area contributed by atoms with Gasteiger partial charge in [0.25, 0.3) is 0 Å². The van der Waals surface area contributed by atoms with Gasteiger partial charge in [-0.05, 0) is 116 Å². The van der Waals surface area contributed by atoms with Gasteiger partial charge in [-0.2, -0.15) is 0 Å². The second-order valence-electron chi connectivity index (χ2n) is 13.6. The molecule has 3 aliphatic heterocycles. The van der Waals surface area contributed by atoms with E-state index in [2.05, 4.69) is 61.2 Å². The molecule has 3 heterocycles. The minimum Gasteiger partial charge on any atom is -0.489 e. The minimum absolute atomic E-state index is 0.522. The Balaban J connectivity index is 1.05. The summed E-state index contributed by atoms with van der Waals surface area (Å²) in [4.78, 5) is 5.33. The SMILES string of the molecule is CN(C)CCc1ccc(OCC2=C[C@]34C[C@H]5[C@@H]6[C@@]7(C)CCC[C@]68C(C3C[C@H]2C[C@@H]84)N5C7)cc1. The van der Waals surface area contributed by atoms with Gasteiger partial charge in [0.1, 0.15) is 12.4 Å². The second kappa shape index (κ2) is 6.26. The Labute approximate surface area is 199 Å². The van der Waals surface area contributed by atoms with Crippen molar-refractivity contribution in [2.75, 3.05) is 33.8 Å². The lowest BCUT2D eigenvalue weighted by atomic mass is 9.42. The van der Waals surface area contributed by atoms with Crippen molar-refractivity contribution in [2.24, 2.45) is 39.9 Å². The monoisotopic (exact) mass is 444 g/mol. The fraction of sp³-hybridized carbons (Fsp3) is 0.733. The first kappa shape index (κ1) is 19.9. The number of hydrogen-bond acceptors (Lipinski definition) is 3. The van der Waals surface area contributed by atoms with Crippen LogP contribution in [0.25, 0.3) is 0 Å². The molecule has 3 heteroatoms. The van der Waals surface area contributed by atoms with Gasteiger partial charge in [-0.25, -0.2) is 0 Å². The molecule has 3 unspecified atom stereocenters. The molecule has 9 bridgehead atoms. The number of piperidine rings is 2. The van der Waals surface area contributed by atoms with Gasteiger partial charge < -0.3 is 9.64 Å². The number of hydrogen-bond donors (Lipinski definition) is 0. The molecular weight excluding hydrogens is 404 g/mol. The van der Waals surface area contributed by atoms with Crippen molar-refractivity contribution >= 4 is 0 Å². The van der Waals surface area contributed by atoms with Gasteiger partial charge in [0, 0.05) is 25.2 Å². The van der Waals surface area contributed by atoms with E-state index >= 15 is 0 Å². The minimum atomic E-state index is 0.522. The van der Waals surface area contributed by atoms with Gasteiger partial charge in [-0.1, -0.05) is 31.6 Å². The van der Waals surface area contributed by atoms with E-state index < -0.39 is 0 Å². The van der Waals surface area contributed by atoms with Crippen molar-refractivity contribution in [3.8, 4) is 5.75 Å². The third-order valence-corrected chi connectivity index (χ3v) is 12.1. The largest absolute Gasteiger partial charge is 0.489 e. The van der Waals surface area contributed by atoms with E-state index in [1.165, 1.54) is 44.2 Å². The topological polar surface area (TPSA) is 15.7 Å². The Morgan fingerprint density at radius 2 is 1.97 bits per heavy atom. The molecule has 7 fully saturated rings. The summed E-state index contributed by atoms with van der Waals surface area (Å²) in [6, 6.07) is 10.7. The molecule has 10 rings (SSSR count). The maximum atomic E-state index is 6.40. The zero-order chi connectivity index (χ0) is 22.2. The molecular formula is C30H40N2O. The molecule has 0 amide bonds. The standard InChI is InChI=1S/C30H40N2O/c1-28-10-4-11-30-25-14-20-13-23-27(30)32(18-28)24(26(28)30)16-29(23,25)15-21(20)17-33-22-7-5-19(6-8-22)9-12-31(2)3/h5-8,15,20,23-27H,4,9-14,16-18H2,1-3H3/t20-,23?,24-,25+,26+,27?,28-,29-,30+/m0/s1. The van der Waals surface area contributed by atoms with E-state index in [-0.39, 0.29) is 0 Å². The fourth-order valence-electron chi connectivity index (χ4n) is 11.5. The second-order valence-corrected chi connectivity index (χ2v) is 13.6.